The van der Waals surface area contributed by atoms with Crippen molar-refractivity contribution in [3.05, 3.63) is 30.4 Å². The van der Waals surface area contributed by atoms with E-state index in [1.165, 1.54) is 0 Å². The first-order valence-electron chi connectivity index (χ1n) is 7.07. The summed E-state index contributed by atoms with van der Waals surface area (Å²) in [5.41, 5.74) is 1.09. The van der Waals surface area contributed by atoms with E-state index >= 15 is 0 Å². The molecule has 2 aliphatic rings. The highest BCUT2D eigenvalue weighted by Gasteiger charge is 2.42. The highest BCUT2D eigenvalue weighted by atomic mass is 16.2. The Morgan fingerprint density at radius 1 is 1.29 bits per heavy atom. The minimum Gasteiger partial charge on any atom is -0.355 e. The summed E-state index contributed by atoms with van der Waals surface area (Å²) < 4.78 is 1.74. The molecule has 0 aromatic carbocycles. The maximum Gasteiger partial charge on any atom is 0.225 e. The largest absolute Gasteiger partial charge is 0.355 e. The van der Waals surface area contributed by atoms with Crippen LogP contribution in [0.1, 0.15) is 5.56 Å². The van der Waals surface area contributed by atoms with Gasteiger partial charge in [0, 0.05) is 37.8 Å². The van der Waals surface area contributed by atoms with E-state index in [9.17, 15) is 4.79 Å². The van der Waals surface area contributed by atoms with Crippen LogP contribution in [0, 0.1) is 18.8 Å². The van der Waals surface area contributed by atoms with Crippen LogP contribution in [0.3, 0.4) is 0 Å². The molecule has 2 fully saturated rings. The number of hydrogen-bond donors (Lipinski definition) is 1. The number of aryl methyl sites for hydroxylation is 1. The molecule has 2 saturated heterocycles. The number of anilines is 1. The fraction of sp³-hybridized carbons (Fsp3) is 0.429. The number of carbonyl (C=O) groups excluding carboxylic acids is 1. The summed E-state index contributed by atoms with van der Waals surface area (Å²) in [5, 5.41) is 7.19. The second kappa shape index (κ2) is 4.54. The predicted octanol–water partition coefficient (Wildman–Crippen LogP) is 0.153. The van der Waals surface area contributed by atoms with E-state index in [1.54, 1.807) is 17.2 Å². The Bertz CT molecular complexity index is 696. The SMILES string of the molecule is Cc1cnn(-c2cc(N3C[C@@H]4CNC(=O)[C@@H]4C3)ncn2)c1. The molecule has 21 heavy (non-hydrogen) atoms. The van der Waals surface area contributed by atoms with Crippen molar-refractivity contribution in [2.24, 2.45) is 11.8 Å². The molecule has 108 valence electrons. The molecular weight excluding hydrogens is 268 g/mol. The van der Waals surface area contributed by atoms with Crippen molar-refractivity contribution < 1.29 is 4.79 Å². The molecular formula is C14H16N6O. The molecule has 2 aromatic rings. The Balaban J connectivity index is 1.60. The van der Waals surface area contributed by atoms with Gasteiger partial charge in [-0.25, -0.2) is 14.6 Å². The second-order valence-corrected chi connectivity index (χ2v) is 5.71. The van der Waals surface area contributed by atoms with E-state index in [0.29, 0.717) is 5.92 Å². The average molecular weight is 284 g/mol. The number of fused-ring (bicyclic) bond motifs is 1. The van der Waals surface area contributed by atoms with Crippen molar-refractivity contribution in [2.75, 3.05) is 24.5 Å². The highest BCUT2D eigenvalue weighted by Crippen LogP contribution is 2.30. The maximum absolute atomic E-state index is 11.7. The Morgan fingerprint density at radius 2 is 2.14 bits per heavy atom. The number of carbonyl (C=O) groups is 1. The van der Waals surface area contributed by atoms with Gasteiger partial charge in [-0.3, -0.25) is 4.79 Å². The molecule has 7 heteroatoms. The molecule has 0 unspecified atom stereocenters. The number of nitrogens with zero attached hydrogens (tertiary/aromatic N) is 5. The lowest BCUT2D eigenvalue weighted by Crippen LogP contribution is -2.29. The Labute approximate surface area is 122 Å². The van der Waals surface area contributed by atoms with E-state index in [2.05, 4.69) is 25.3 Å². The van der Waals surface area contributed by atoms with Gasteiger partial charge in [0.25, 0.3) is 0 Å². The predicted molar refractivity (Wildman–Crippen MR) is 76.1 cm³/mol. The molecule has 4 rings (SSSR count). The highest BCUT2D eigenvalue weighted by molar-refractivity contribution is 5.82. The van der Waals surface area contributed by atoms with Crippen LogP contribution in [-0.2, 0) is 4.79 Å². The van der Waals surface area contributed by atoms with Crippen LogP contribution in [0.4, 0.5) is 5.82 Å². The van der Waals surface area contributed by atoms with Gasteiger partial charge >= 0.3 is 0 Å². The number of aromatic nitrogens is 4. The minimum atomic E-state index is 0.0929. The fourth-order valence-electron chi connectivity index (χ4n) is 3.10. The summed E-state index contributed by atoms with van der Waals surface area (Å²) in [7, 11) is 0. The summed E-state index contributed by atoms with van der Waals surface area (Å²) in [6.07, 6.45) is 5.28. The quantitative estimate of drug-likeness (QED) is 0.849. The molecule has 4 heterocycles. The first kappa shape index (κ1) is 12.3. The number of rotatable bonds is 2. The van der Waals surface area contributed by atoms with Crippen LogP contribution >= 0.6 is 0 Å². The van der Waals surface area contributed by atoms with Crippen LogP contribution in [0.5, 0.6) is 0 Å². The first-order chi connectivity index (χ1) is 10.2. The molecule has 2 atom stereocenters. The van der Waals surface area contributed by atoms with E-state index in [1.807, 2.05) is 19.2 Å². The molecule has 2 aliphatic heterocycles. The normalized spacial score (nSPS) is 24.2. The van der Waals surface area contributed by atoms with Gasteiger partial charge < -0.3 is 10.2 Å². The molecule has 2 aromatic heterocycles. The van der Waals surface area contributed by atoms with E-state index in [0.717, 1.165) is 36.8 Å². The number of amides is 1. The third-order valence-corrected chi connectivity index (χ3v) is 4.22. The molecule has 0 spiro atoms. The molecule has 1 N–H and O–H groups in total. The Kier molecular flexibility index (Phi) is 2.66. The van der Waals surface area contributed by atoms with Crippen molar-refractivity contribution in [1.82, 2.24) is 25.1 Å². The zero-order valence-electron chi connectivity index (χ0n) is 11.7. The lowest BCUT2D eigenvalue weighted by atomic mass is 10.0. The third kappa shape index (κ3) is 2.05. The van der Waals surface area contributed by atoms with Crippen molar-refractivity contribution in [1.29, 1.82) is 0 Å². The van der Waals surface area contributed by atoms with Gasteiger partial charge in [-0.1, -0.05) is 0 Å². The second-order valence-electron chi connectivity index (χ2n) is 5.71. The summed E-state index contributed by atoms with van der Waals surface area (Å²) in [5.74, 6) is 2.25. The minimum absolute atomic E-state index is 0.0929. The smallest absolute Gasteiger partial charge is 0.225 e. The topological polar surface area (TPSA) is 75.9 Å². The third-order valence-electron chi connectivity index (χ3n) is 4.22. The number of hydrogen-bond acceptors (Lipinski definition) is 5. The zero-order chi connectivity index (χ0) is 14.4. The first-order valence-corrected chi connectivity index (χ1v) is 7.07. The Morgan fingerprint density at radius 3 is 2.90 bits per heavy atom. The number of nitrogens with one attached hydrogen (secondary N) is 1. The average Bonchev–Trinajstić information content (AvgIpc) is 3.17. The van der Waals surface area contributed by atoms with E-state index < -0.39 is 0 Å². The molecule has 1 amide bonds. The van der Waals surface area contributed by atoms with E-state index in [4.69, 9.17) is 0 Å². The molecule has 0 aliphatic carbocycles. The fourth-order valence-corrected chi connectivity index (χ4v) is 3.10. The van der Waals surface area contributed by atoms with Gasteiger partial charge in [0.1, 0.15) is 12.1 Å². The lowest BCUT2D eigenvalue weighted by Gasteiger charge is -2.18. The van der Waals surface area contributed by atoms with Gasteiger partial charge in [-0.2, -0.15) is 5.10 Å². The van der Waals surface area contributed by atoms with Gasteiger partial charge in [0.05, 0.1) is 12.1 Å². The molecule has 0 saturated carbocycles. The van der Waals surface area contributed by atoms with Gasteiger partial charge in [-0.15, -0.1) is 0 Å². The summed E-state index contributed by atoms with van der Waals surface area (Å²) in [6.45, 7) is 4.35. The van der Waals surface area contributed by atoms with Gasteiger partial charge in [0.2, 0.25) is 5.91 Å². The monoisotopic (exact) mass is 284 g/mol. The van der Waals surface area contributed by atoms with Crippen LogP contribution in [0.15, 0.2) is 24.8 Å². The van der Waals surface area contributed by atoms with Crippen molar-refractivity contribution in [2.45, 2.75) is 6.92 Å². The van der Waals surface area contributed by atoms with Crippen LogP contribution in [-0.4, -0.2) is 45.3 Å². The summed E-state index contributed by atoms with van der Waals surface area (Å²) in [6, 6.07) is 1.92. The zero-order valence-corrected chi connectivity index (χ0v) is 11.7. The maximum atomic E-state index is 11.7. The molecule has 0 radical (unpaired) electrons. The van der Waals surface area contributed by atoms with Crippen molar-refractivity contribution in [3.8, 4) is 5.82 Å². The van der Waals surface area contributed by atoms with Gasteiger partial charge in [0.15, 0.2) is 5.82 Å². The van der Waals surface area contributed by atoms with Crippen LogP contribution in [0.25, 0.3) is 5.82 Å². The van der Waals surface area contributed by atoms with Crippen LogP contribution in [0.2, 0.25) is 0 Å². The lowest BCUT2D eigenvalue weighted by molar-refractivity contribution is -0.122. The summed E-state index contributed by atoms with van der Waals surface area (Å²) >= 11 is 0. The van der Waals surface area contributed by atoms with E-state index in [-0.39, 0.29) is 11.8 Å². The summed E-state index contributed by atoms with van der Waals surface area (Å²) in [4.78, 5) is 22.5. The Hall–Kier alpha value is -2.44. The standard InChI is InChI=1S/C14H16N6O/c1-9-3-18-20(5-9)13-2-12(16-8-17-13)19-6-10-4-15-14(21)11(10)7-19/h2-3,5,8,10-11H,4,6-7H2,1H3,(H,15,21)/t10-,11+/m0/s1. The molecule has 7 nitrogen and oxygen atoms in total. The van der Waals surface area contributed by atoms with Gasteiger partial charge in [-0.05, 0) is 12.5 Å². The molecule has 0 bridgehead atoms. The van der Waals surface area contributed by atoms with Crippen molar-refractivity contribution in [3.63, 3.8) is 0 Å². The van der Waals surface area contributed by atoms with Crippen molar-refractivity contribution >= 4 is 11.7 Å². The van der Waals surface area contributed by atoms with Crippen LogP contribution < -0.4 is 10.2 Å².